The number of Topliss-reactive ketones (excluding diaryl/α,β-unsaturated/α-hetero) is 1. The molecule has 3 heteroatoms. The number of ketones is 1. The fourth-order valence-electron chi connectivity index (χ4n) is 4.06. The van der Waals surface area contributed by atoms with E-state index in [1.165, 1.54) is 5.56 Å². The van der Waals surface area contributed by atoms with Crippen LogP contribution >= 0.6 is 0 Å². The van der Waals surface area contributed by atoms with Crippen molar-refractivity contribution >= 4 is 5.78 Å². The molecule has 1 aromatic heterocycles. The van der Waals surface area contributed by atoms with Gasteiger partial charge in [0.1, 0.15) is 0 Å². The maximum Gasteiger partial charge on any atom is 0.202 e. The Balaban J connectivity index is 1.75. The lowest BCUT2D eigenvalue weighted by Gasteiger charge is -2.27. The topological polar surface area (TPSA) is 34.9 Å². The average molecular weight is 278 g/mol. The van der Waals surface area contributed by atoms with E-state index in [1.54, 1.807) is 6.20 Å². The van der Waals surface area contributed by atoms with Gasteiger partial charge >= 0.3 is 0 Å². The quantitative estimate of drug-likeness (QED) is 0.638. The Morgan fingerprint density at radius 2 is 1.95 bits per heavy atom. The van der Waals surface area contributed by atoms with E-state index >= 15 is 0 Å². The molecule has 21 heavy (non-hydrogen) atoms. The number of fused-ring (bicyclic) bond motifs is 2. The maximum atomic E-state index is 13.0. The Morgan fingerprint density at radius 1 is 1.19 bits per heavy atom. The van der Waals surface area contributed by atoms with Gasteiger partial charge < -0.3 is 4.57 Å². The summed E-state index contributed by atoms with van der Waals surface area (Å²) in [5, 5.41) is 0. The number of imidazole rings is 1. The van der Waals surface area contributed by atoms with Crippen LogP contribution in [-0.2, 0) is 7.05 Å². The summed E-state index contributed by atoms with van der Waals surface area (Å²) >= 11 is 0. The number of nitrogens with zero attached hydrogens (tertiary/aromatic N) is 2. The smallest absolute Gasteiger partial charge is 0.202 e. The van der Waals surface area contributed by atoms with E-state index in [4.69, 9.17) is 0 Å². The van der Waals surface area contributed by atoms with E-state index in [9.17, 15) is 4.79 Å². The predicted octanol–water partition coefficient (Wildman–Crippen LogP) is 3.21. The first kappa shape index (κ1) is 12.6. The SMILES string of the molecule is Cn1ccnc1C(=O)[C@H]1C2C=CC(C2)[C@@H]1c1ccccc1. The number of aryl methyl sites for hydroxylation is 1. The fourth-order valence-corrected chi connectivity index (χ4v) is 4.06. The van der Waals surface area contributed by atoms with E-state index in [0.717, 1.165) is 6.42 Å². The van der Waals surface area contributed by atoms with Crippen molar-refractivity contribution < 1.29 is 4.79 Å². The summed E-state index contributed by atoms with van der Waals surface area (Å²) in [5.74, 6) is 1.96. The van der Waals surface area contributed by atoms with E-state index < -0.39 is 0 Å². The molecule has 0 aliphatic heterocycles. The molecule has 0 N–H and O–H groups in total. The Bertz CT molecular complexity index is 701. The largest absolute Gasteiger partial charge is 0.332 e. The Hall–Kier alpha value is -2.16. The van der Waals surface area contributed by atoms with Crippen molar-refractivity contribution in [2.45, 2.75) is 12.3 Å². The summed E-state index contributed by atoms with van der Waals surface area (Å²) in [7, 11) is 1.89. The van der Waals surface area contributed by atoms with Crippen molar-refractivity contribution in [3.05, 3.63) is 66.3 Å². The normalized spacial score (nSPS) is 30.0. The van der Waals surface area contributed by atoms with Crippen LogP contribution in [0.15, 0.2) is 54.9 Å². The van der Waals surface area contributed by atoms with Gasteiger partial charge in [0.05, 0.1) is 0 Å². The van der Waals surface area contributed by atoms with Gasteiger partial charge in [-0.1, -0.05) is 42.5 Å². The molecule has 0 amide bonds. The number of allylic oxidation sites excluding steroid dienone is 2. The van der Waals surface area contributed by atoms with Gasteiger partial charge in [-0.15, -0.1) is 0 Å². The van der Waals surface area contributed by atoms with Crippen molar-refractivity contribution in [1.29, 1.82) is 0 Å². The summed E-state index contributed by atoms with van der Waals surface area (Å²) in [6, 6.07) is 10.5. The zero-order valence-electron chi connectivity index (χ0n) is 12.0. The maximum absolute atomic E-state index is 13.0. The first-order valence-corrected chi connectivity index (χ1v) is 7.50. The highest BCUT2D eigenvalue weighted by Gasteiger charge is 2.49. The third kappa shape index (κ3) is 1.88. The number of carbonyl (C=O) groups is 1. The van der Waals surface area contributed by atoms with Gasteiger partial charge in [0.25, 0.3) is 0 Å². The molecule has 1 aromatic carbocycles. The van der Waals surface area contributed by atoms with E-state index in [2.05, 4.69) is 41.4 Å². The molecule has 2 unspecified atom stereocenters. The summed E-state index contributed by atoms with van der Waals surface area (Å²) in [4.78, 5) is 17.2. The van der Waals surface area contributed by atoms with E-state index in [1.807, 2.05) is 23.9 Å². The molecule has 2 aliphatic rings. The van der Waals surface area contributed by atoms with Gasteiger partial charge in [0, 0.05) is 31.3 Å². The van der Waals surface area contributed by atoms with Crippen molar-refractivity contribution in [3.63, 3.8) is 0 Å². The second-order valence-electron chi connectivity index (χ2n) is 6.14. The lowest BCUT2D eigenvalue weighted by atomic mass is 9.76. The molecule has 0 radical (unpaired) electrons. The van der Waals surface area contributed by atoms with Crippen LogP contribution in [0.5, 0.6) is 0 Å². The van der Waals surface area contributed by atoms with Crippen LogP contribution in [0.4, 0.5) is 0 Å². The molecule has 106 valence electrons. The average Bonchev–Trinajstić information content (AvgIpc) is 3.22. The number of rotatable bonds is 3. The molecule has 2 aliphatic carbocycles. The second kappa shape index (κ2) is 4.69. The predicted molar refractivity (Wildman–Crippen MR) is 80.9 cm³/mol. The first-order valence-electron chi connectivity index (χ1n) is 7.50. The summed E-state index contributed by atoms with van der Waals surface area (Å²) < 4.78 is 1.83. The molecule has 4 atom stereocenters. The minimum Gasteiger partial charge on any atom is -0.332 e. The van der Waals surface area contributed by atoms with Gasteiger partial charge in [0.2, 0.25) is 5.78 Å². The Kier molecular flexibility index (Phi) is 2.81. The van der Waals surface area contributed by atoms with Gasteiger partial charge in [-0.3, -0.25) is 4.79 Å². The minimum atomic E-state index is 0.0310. The lowest BCUT2D eigenvalue weighted by molar-refractivity contribution is 0.0872. The van der Waals surface area contributed by atoms with Crippen molar-refractivity contribution in [1.82, 2.24) is 9.55 Å². The summed E-state index contributed by atoms with van der Waals surface area (Å²) in [6.45, 7) is 0. The van der Waals surface area contributed by atoms with Crippen molar-refractivity contribution in [2.75, 3.05) is 0 Å². The fraction of sp³-hybridized carbons (Fsp3) is 0.333. The highest BCUT2D eigenvalue weighted by atomic mass is 16.1. The molecule has 1 heterocycles. The molecule has 0 saturated heterocycles. The van der Waals surface area contributed by atoms with Crippen LogP contribution in [0.25, 0.3) is 0 Å². The second-order valence-corrected chi connectivity index (χ2v) is 6.14. The molecule has 2 aromatic rings. The molecule has 1 saturated carbocycles. The van der Waals surface area contributed by atoms with Crippen LogP contribution < -0.4 is 0 Å². The lowest BCUT2D eigenvalue weighted by Crippen LogP contribution is -2.28. The van der Waals surface area contributed by atoms with Crippen molar-refractivity contribution in [2.24, 2.45) is 24.8 Å². The van der Waals surface area contributed by atoms with Crippen LogP contribution in [-0.4, -0.2) is 15.3 Å². The van der Waals surface area contributed by atoms with Crippen LogP contribution in [0.1, 0.15) is 28.5 Å². The monoisotopic (exact) mass is 278 g/mol. The third-order valence-electron chi connectivity index (χ3n) is 4.99. The molecule has 2 bridgehead atoms. The molecule has 4 rings (SSSR count). The van der Waals surface area contributed by atoms with Crippen LogP contribution in [0.2, 0.25) is 0 Å². The third-order valence-corrected chi connectivity index (χ3v) is 4.99. The highest BCUT2D eigenvalue weighted by Crippen LogP contribution is 2.53. The number of benzene rings is 1. The van der Waals surface area contributed by atoms with Crippen LogP contribution in [0, 0.1) is 17.8 Å². The van der Waals surface area contributed by atoms with Gasteiger partial charge in [0.15, 0.2) is 5.82 Å². The highest BCUT2D eigenvalue weighted by molar-refractivity contribution is 5.96. The molecule has 1 fully saturated rings. The van der Waals surface area contributed by atoms with E-state index in [-0.39, 0.29) is 11.7 Å². The molecule has 3 nitrogen and oxygen atoms in total. The van der Waals surface area contributed by atoms with E-state index in [0.29, 0.717) is 23.6 Å². The van der Waals surface area contributed by atoms with Crippen molar-refractivity contribution in [3.8, 4) is 0 Å². The summed E-state index contributed by atoms with van der Waals surface area (Å²) in [6.07, 6.45) is 9.17. The molecular formula is C18H18N2O. The Labute approximate surface area is 124 Å². The number of hydrogen-bond donors (Lipinski definition) is 0. The standard InChI is InChI=1S/C18H18N2O/c1-20-10-9-19-18(20)17(21)16-14-8-7-13(11-14)15(16)12-5-3-2-4-6-12/h2-10,13-16H,11H2,1H3/t13?,14?,15-,16-/m0/s1. The number of aromatic nitrogens is 2. The van der Waals surface area contributed by atoms with Gasteiger partial charge in [-0.2, -0.15) is 0 Å². The zero-order chi connectivity index (χ0) is 14.4. The van der Waals surface area contributed by atoms with Crippen LogP contribution in [0.3, 0.4) is 0 Å². The number of carbonyl (C=O) groups excluding carboxylic acids is 1. The Morgan fingerprint density at radius 3 is 2.67 bits per heavy atom. The number of hydrogen-bond acceptors (Lipinski definition) is 2. The molecule has 0 spiro atoms. The molecular weight excluding hydrogens is 260 g/mol. The van der Waals surface area contributed by atoms with Gasteiger partial charge in [-0.25, -0.2) is 4.98 Å². The minimum absolute atomic E-state index is 0.0310. The zero-order valence-corrected chi connectivity index (χ0v) is 12.0. The van der Waals surface area contributed by atoms with Gasteiger partial charge in [-0.05, 0) is 23.8 Å². The summed E-state index contributed by atoms with van der Waals surface area (Å²) in [5.41, 5.74) is 1.28. The first-order chi connectivity index (χ1) is 10.3.